The molecule has 9 heteroatoms. The smallest absolute Gasteiger partial charge is 0.457 e. The fourth-order valence-corrected chi connectivity index (χ4v) is 7.32. The second-order valence-electron chi connectivity index (χ2n) is 15.6. The number of carbonyl (C=O) groups excluding carboxylic acids is 1. The Hall–Kier alpha value is -1.28. The van der Waals surface area contributed by atoms with Gasteiger partial charge < -0.3 is 20.1 Å². The first-order valence-corrected chi connectivity index (χ1v) is 25.0. The van der Waals surface area contributed by atoms with Gasteiger partial charge in [0.2, 0.25) is 0 Å². The zero-order valence-corrected chi connectivity index (χ0v) is 37.5. The van der Waals surface area contributed by atoms with Crippen LogP contribution in [0.25, 0.3) is 0 Å². The molecule has 2 atom stereocenters. The molecule has 2 unspecified atom stereocenters. The number of phosphoric ester groups is 1. The van der Waals surface area contributed by atoms with Gasteiger partial charge in [0.25, 0.3) is 0 Å². The average Bonchev–Trinajstić information content (AvgIpc) is 3.19. The van der Waals surface area contributed by atoms with Crippen molar-refractivity contribution < 1.29 is 32.8 Å². The number of unbranched alkanes of at least 4 members (excludes halogenated alkanes) is 26. The molecule has 0 rings (SSSR count). The molecule has 0 saturated heterocycles. The van der Waals surface area contributed by atoms with Crippen LogP contribution in [-0.2, 0) is 27.9 Å². The lowest BCUT2D eigenvalue weighted by molar-refractivity contribution is -0.154. The van der Waals surface area contributed by atoms with Crippen molar-refractivity contribution in [2.45, 2.75) is 225 Å². The first kappa shape index (κ1) is 54.7. The van der Waals surface area contributed by atoms with E-state index in [9.17, 15) is 14.3 Å². The quantitative estimate of drug-likeness (QED) is 0.0270. The fourth-order valence-electron chi connectivity index (χ4n) is 6.55. The van der Waals surface area contributed by atoms with Crippen LogP contribution >= 0.6 is 7.82 Å². The summed E-state index contributed by atoms with van der Waals surface area (Å²) in [6.07, 6.45) is 51.6. The lowest BCUT2D eigenvalue weighted by Crippen LogP contribution is -2.28. The van der Waals surface area contributed by atoms with E-state index in [1.165, 1.54) is 154 Å². The maximum absolute atomic E-state index is 12.6. The normalized spacial score (nSPS) is 13.7. The summed E-state index contributed by atoms with van der Waals surface area (Å²) in [5.41, 5.74) is 5.38. The molecule has 0 amide bonds. The van der Waals surface area contributed by atoms with Crippen LogP contribution in [0.4, 0.5) is 0 Å². The highest BCUT2D eigenvalue weighted by Gasteiger charge is 2.25. The number of hydrogen-bond acceptors (Lipinski definition) is 7. The van der Waals surface area contributed by atoms with Gasteiger partial charge in [0.1, 0.15) is 6.10 Å². The molecule has 0 aromatic rings. The highest BCUT2D eigenvalue weighted by Crippen LogP contribution is 2.43. The van der Waals surface area contributed by atoms with E-state index in [1.807, 2.05) is 0 Å². The monoisotopic (exact) mass is 812 g/mol. The van der Waals surface area contributed by atoms with Crippen molar-refractivity contribution in [1.82, 2.24) is 0 Å². The van der Waals surface area contributed by atoms with E-state index >= 15 is 0 Å². The molecule has 0 aromatic carbocycles. The van der Waals surface area contributed by atoms with Crippen molar-refractivity contribution in [3.05, 3.63) is 36.5 Å². The predicted octanol–water partition coefficient (Wildman–Crippen LogP) is 14.2. The van der Waals surface area contributed by atoms with Gasteiger partial charge in [0.05, 0.1) is 19.8 Å². The van der Waals surface area contributed by atoms with Crippen LogP contribution in [0.3, 0.4) is 0 Å². The number of allylic oxidation sites excluding steroid dienone is 6. The van der Waals surface area contributed by atoms with Crippen molar-refractivity contribution in [2.75, 3.05) is 33.0 Å². The number of esters is 1. The lowest BCUT2D eigenvalue weighted by Gasteiger charge is -2.20. The minimum atomic E-state index is -4.28. The molecule has 3 N–H and O–H groups in total. The molecule has 56 heavy (non-hydrogen) atoms. The Morgan fingerprint density at radius 1 is 0.536 bits per heavy atom. The van der Waals surface area contributed by atoms with Gasteiger partial charge in [0.15, 0.2) is 0 Å². The van der Waals surface area contributed by atoms with Crippen molar-refractivity contribution in [1.29, 1.82) is 0 Å². The zero-order chi connectivity index (χ0) is 40.9. The van der Waals surface area contributed by atoms with Crippen LogP contribution in [0.5, 0.6) is 0 Å². The number of hydrogen-bond donors (Lipinski definition) is 2. The predicted molar refractivity (Wildman–Crippen MR) is 238 cm³/mol. The second kappa shape index (κ2) is 44.8. The first-order chi connectivity index (χ1) is 27.4. The average molecular weight is 812 g/mol. The van der Waals surface area contributed by atoms with Gasteiger partial charge in [-0.2, -0.15) is 0 Å². The molecule has 0 heterocycles. The number of ether oxygens (including phenoxy) is 2. The van der Waals surface area contributed by atoms with Gasteiger partial charge in [-0.3, -0.25) is 13.8 Å². The van der Waals surface area contributed by atoms with Gasteiger partial charge in [-0.25, -0.2) is 4.57 Å². The summed E-state index contributed by atoms with van der Waals surface area (Å²) < 4.78 is 33.5. The summed E-state index contributed by atoms with van der Waals surface area (Å²) in [6, 6.07) is 0. The molecular weight excluding hydrogens is 721 g/mol. The Balaban J connectivity index is 3.99. The van der Waals surface area contributed by atoms with Crippen molar-refractivity contribution >= 4 is 13.8 Å². The maximum atomic E-state index is 12.6. The molecule has 0 aliphatic rings. The van der Waals surface area contributed by atoms with Crippen molar-refractivity contribution in [3.8, 4) is 0 Å². The van der Waals surface area contributed by atoms with Gasteiger partial charge in [-0.15, -0.1) is 0 Å². The third kappa shape index (κ3) is 43.8. The second-order valence-corrected chi connectivity index (χ2v) is 17.1. The van der Waals surface area contributed by atoms with Gasteiger partial charge in [0, 0.05) is 19.6 Å². The number of nitrogens with two attached hydrogens (primary N) is 1. The van der Waals surface area contributed by atoms with Gasteiger partial charge >= 0.3 is 13.8 Å². The Morgan fingerprint density at radius 2 is 0.946 bits per heavy atom. The van der Waals surface area contributed by atoms with E-state index in [0.717, 1.165) is 44.9 Å². The Labute approximate surface area is 346 Å². The van der Waals surface area contributed by atoms with E-state index in [1.54, 1.807) is 0 Å². The molecule has 330 valence electrons. The van der Waals surface area contributed by atoms with Gasteiger partial charge in [-0.05, 0) is 70.6 Å². The van der Waals surface area contributed by atoms with Crippen molar-refractivity contribution in [3.63, 3.8) is 0 Å². The summed E-state index contributed by atoms with van der Waals surface area (Å²) in [5.74, 6) is -0.335. The first-order valence-electron chi connectivity index (χ1n) is 23.5. The maximum Gasteiger partial charge on any atom is 0.472 e. The lowest BCUT2D eigenvalue weighted by atomic mass is 10.1. The standard InChI is InChI=1S/C47H90NO7P/c1-3-5-7-9-11-13-15-17-19-21-22-23-24-25-26-28-30-32-34-36-38-40-47(49)55-46(45-54-56(50,51)53-43-41-48)44-52-42-39-37-35-33-31-29-27-20-18-16-14-12-10-8-6-4-2/h12,14,18,20-22,46H,3-11,13,15-17,19,23-45,48H2,1-2H3,(H,50,51)/b14-12-,20-18-,22-21-. The highest BCUT2D eigenvalue weighted by molar-refractivity contribution is 7.47. The number of phosphoric acid groups is 1. The largest absolute Gasteiger partial charge is 0.472 e. The van der Waals surface area contributed by atoms with E-state index in [0.29, 0.717) is 13.0 Å². The summed E-state index contributed by atoms with van der Waals surface area (Å²) in [4.78, 5) is 22.5. The van der Waals surface area contributed by atoms with E-state index in [-0.39, 0.29) is 32.3 Å². The number of rotatable bonds is 45. The zero-order valence-electron chi connectivity index (χ0n) is 36.6. The Bertz CT molecular complexity index is 957. The van der Waals surface area contributed by atoms with E-state index in [4.69, 9.17) is 24.3 Å². The molecule has 0 aliphatic carbocycles. The summed E-state index contributed by atoms with van der Waals surface area (Å²) in [5, 5.41) is 0. The van der Waals surface area contributed by atoms with E-state index < -0.39 is 13.9 Å². The van der Waals surface area contributed by atoms with Gasteiger partial charge in [-0.1, -0.05) is 179 Å². The van der Waals surface area contributed by atoms with Crippen LogP contribution in [-0.4, -0.2) is 49.9 Å². The molecule has 0 aliphatic heterocycles. The molecule has 0 spiro atoms. The van der Waals surface area contributed by atoms with Crippen molar-refractivity contribution in [2.24, 2.45) is 5.73 Å². The highest BCUT2D eigenvalue weighted by atomic mass is 31.2. The summed E-state index contributed by atoms with van der Waals surface area (Å²) in [6.45, 7) is 4.89. The molecule has 0 bridgehead atoms. The fraction of sp³-hybridized carbons (Fsp3) is 0.851. The van der Waals surface area contributed by atoms with Crippen LogP contribution in [0.1, 0.15) is 219 Å². The molecule has 8 nitrogen and oxygen atoms in total. The molecule has 0 saturated carbocycles. The summed E-state index contributed by atoms with van der Waals surface area (Å²) in [7, 11) is -4.28. The molecular formula is C47H90NO7P. The van der Waals surface area contributed by atoms with Crippen LogP contribution in [0.15, 0.2) is 36.5 Å². The topological polar surface area (TPSA) is 117 Å². The van der Waals surface area contributed by atoms with Crippen LogP contribution in [0.2, 0.25) is 0 Å². The van der Waals surface area contributed by atoms with E-state index in [2.05, 4.69) is 50.3 Å². The minimum Gasteiger partial charge on any atom is -0.457 e. The minimum absolute atomic E-state index is 0.0979. The number of carbonyl (C=O) groups is 1. The Kier molecular flexibility index (Phi) is 43.8. The SMILES string of the molecule is CCCCC/C=C\C/C=C\CCCCCCCCOCC(COP(=O)(O)OCCN)OC(=O)CCCCCCCCCCC/C=C\CCCCCCCCCC. The third-order valence-electron chi connectivity index (χ3n) is 10.0. The summed E-state index contributed by atoms with van der Waals surface area (Å²) >= 11 is 0. The Morgan fingerprint density at radius 3 is 1.45 bits per heavy atom. The van der Waals surface area contributed by atoms with Crippen LogP contribution in [0, 0.1) is 0 Å². The molecule has 0 aromatic heterocycles. The molecule has 0 fully saturated rings. The molecule has 0 radical (unpaired) electrons. The van der Waals surface area contributed by atoms with Crippen LogP contribution < -0.4 is 5.73 Å². The third-order valence-corrected chi connectivity index (χ3v) is 11.0.